The molecule has 7 heteroatoms. The number of primary amides is 2. The smallest absolute Gasteiger partial charge is 0.269 e. The maximum absolute atomic E-state index is 11.0. The molecule has 16 heavy (non-hydrogen) atoms. The summed E-state index contributed by atoms with van der Waals surface area (Å²) in [6.07, 6.45) is -0.466. The van der Waals surface area contributed by atoms with E-state index in [2.05, 4.69) is 10.2 Å². The Labute approximate surface area is 90.8 Å². The first kappa shape index (κ1) is 10.5. The Balaban J connectivity index is 2.16. The number of hydrogen-bond donors (Lipinski definition) is 2. The van der Waals surface area contributed by atoms with Crippen LogP contribution in [0.25, 0.3) is 0 Å². The molecule has 2 unspecified atom stereocenters. The van der Waals surface area contributed by atoms with Gasteiger partial charge in [0.05, 0.1) is 18.2 Å². The van der Waals surface area contributed by atoms with Crippen molar-refractivity contribution in [3.05, 3.63) is 23.5 Å². The van der Waals surface area contributed by atoms with Crippen LogP contribution >= 0.6 is 0 Å². The molecule has 2 atom stereocenters. The minimum absolute atomic E-state index is 0.0682. The van der Waals surface area contributed by atoms with Crippen LogP contribution in [0.3, 0.4) is 0 Å². The molecule has 1 aliphatic rings. The number of carbonyl (C=O) groups excluding carboxylic acids is 2. The summed E-state index contributed by atoms with van der Waals surface area (Å²) < 4.78 is 5.17. The minimum atomic E-state index is -0.653. The second-order valence-corrected chi connectivity index (χ2v) is 3.47. The molecule has 1 saturated heterocycles. The molecule has 2 heterocycles. The summed E-state index contributed by atoms with van der Waals surface area (Å²) in [6, 6.07) is 2.98. The molecule has 1 aromatic rings. The standard InChI is InChI=1S/C9H10N4O3/c10-8(14)4-3-16-7(4)5-1-2-6(9(11)15)13-12-5/h1-2,4,7H,3H2,(H2,10,14)(H2,11,15). The van der Waals surface area contributed by atoms with Crippen LogP contribution in [0.4, 0.5) is 0 Å². The maximum Gasteiger partial charge on any atom is 0.269 e. The Morgan fingerprint density at radius 1 is 1.31 bits per heavy atom. The van der Waals surface area contributed by atoms with Crippen LogP contribution in [0.5, 0.6) is 0 Å². The topological polar surface area (TPSA) is 121 Å². The van der Waals surface area contributed by atoms with Gasteiger partial charge in [0.15, 0.2) is 5.69 Å². The van der Waals surface area contributed by atoms with Gasteiger partial charge >= 0.3 is 0 Å². The molecule has 0 aliphatic carbocycles. The van der Waals surface area contributed by atoms with Gasteiger partial charge in [0, 0.05) is 0 Å². The number of nitrogens with two attached hydrogens (primary N) is 2. The van der Waals surface area contributed by atoms with Gasteiger partial charge in [-0.25, -0.2) is 0 Å². The predicted molar refractivity (Wildman–Crippen MR) is 51.9 cm³/mol. The molecule has 4 N–H and O–H groups in total. The molecule has 2 amide bonds. The van der Waals surface area contributed by atoms with Crippen LogP contribution in [-0.2, 0) is 9.53 Å². The van der Waals surface area contributed by atoms with E-state index < -0.39 is 17.9 Å². The Bertz CT molecular complexity index is 431. The second-order valence-electron chi connectivity index (χ2n) is 3.47. The summed E-state index contributed by atoms with van der Waals surface area (Å²) in [5.41, 5.74) is 10.7. The summed E-state index contributed by atoms with van der Waals surface area (Å²) in [6.45, 7) is 0.291. The zero-order valence-corrected chi connectivity index (χ0v) is 8.29. The third-order valence-corrected chi connectivity index (χ3v) is 2.42. The lowest BCUT2D eigenvalue weighted by molar-refractivity contribution is -0.155. The average Bonchev–Trinajstić information content (AvgIpc) is 2.15. The Morgan fingerprint density at radius 2 is 2.06 bits per heavy atom. The van der Waals surface area contributed by atoms with Crippen LogP contribution in [0, 0.1) is 5.92 Å². The molecular weight excluding hydrogens is 212 g/mol. The van der Waals surface area contributed by atoms with Crippen LogP contribution in [0.1, 0.15) is 22.3 Å². The molecular formula is C9H10N4O3. The fraction of sp³-hybridized carbons (Fsp3) is 0.333. The van der Waals surface area contributed by atoms with Crippen molar-refractivity contribution in [1.29, 1.82) is 0 Å². The van der Waals surface area contributed by atoms with Gasteiger partial charge in [0.2, 0.25) is 5.91 Å². The van der Waals surface area contributed by atoms with Gasteiger partial charge < -0.3 is 16.2 Å². The van der Waals surface area contributed by atoms with Gasteiger partial charge in [0.1, 0.15) is 6.10 Å². The fourth-order valence-electron chi connectivity index (χ4n) is 1.44. The zero-order valence-electron chi connectivity index (χ0n) is 8.29. The lowest BCUT2D eigenvalue weighted by atomic mass is 9.94. The lowest BCUT2D eigenvalue weighted by Gasteiger charge is -2.33. The lowest BCUT2D eigenvalue weighted by Crippen LogP contribution is -2.42. The molecule has 2 rings (SSSR count). The van der Waals surface area contributed by atoms with E-state index in [0.29, 0.717) is 12.3 Å². The molecule has 0 bridgehead atoms. The Kier molecular flexibility index (Phi) is 2.53. The number of hydrogen-bond acceptors (Lipinski definition) is 5. The van der Waals surface area contributed by atoms with Crippen molar-refractivity contribution in [3.8, 4) is 0 Å². The molecule has 1 aromatic heterocycles. The Morgan fingerprint density at radius 3 is 2.44 bits per heavy atom. The third kappa shape index (κ3) is 1.72. The van der Waals surface area contributed by atoms with Gasteiger partial charge in [-0.15, -0.1) is 5.10 Å². The first-order valence-electron chi connectivity index (χ1n) is 4.64. The summed E-state index contributed by atoms with van der Waals surface area (Å²) >= 11 is 0. The molecule has 0 aromatic carbocycles. The summed E-state index contributed by atoms with van der Waals surface area (Å²) in [5, 5.41) is 7.39. The highest BCUT2D eigenvalue weighted by Gasteiger charge is 2.39. The number of carbonyl (C=O) groups is 2. The van der Waals surface area contributed by atoms with Crippen molar-refractivity contribution in [3.63, 3.8) is 0 Å². The van der Waals surface area contributed by atoms with Crippen molar-refractivity contribution >= 4 is 11.8 Å². The van der Waals surface area contributed by atoms with E-state index in [0.717, 1.165) is 0 Å². The first-order chi connectivity index (χ1) is 7.59. The molecule has 84 valence electrons. The minimum Gasteiger partial charge on any atom is -0.370 e. The monoisotopic (exact) mass is 222 g/mol. The molecule has 0 saturated carbocycles. The van der Waals surface area contributed by atoms with Gasteiger partial charge in [-0.1, -0.05) is 0 Å². The van der Waals surface area contributed by atoms with Crippen LogP contribution in [-0.4, -0.2) is 28.6 Å². The van der Waals surface area contributed by atoms with Gasteiger partial charge in [-0.05, 0) is 12.1 Å². The fourth-order valence-corrected chi connectivity index (χ4v) is 1.44. The number of aromatic nitrogens is 2. The number of ether oxygens (including phenoxy) is 1. The van der Waals surface area contributed by atoms with E-state index in [1.807, 2.05) is 0 Å². The van der Waals surface area contributed by atoms with E-state index in [4.69, 9.17) is 16.2 Å². The van der Waals surface area contributed by atoms with Crippen molar-refractivity contribution < 1.29 is 14.3 Å². The highest BCUT2D eigenvalue weighted by Crippen LogP contribution is 2.33. The average molecular weight is 222 g/mol. The van der Waals surface area contributed by atoms with Crippen molar-refractivity contribution in [1.82, 2.24) is 10.2 Å². The van der Waals surface area contributed by atoms with E-state index in [-0.39, 0.29) is 11.6 Å². The van der Waals surface area contributed by atoms with E-state index >= 15 is 0 Å². The third-order valence-electron chi connectivity index (χ3n) is 2.42. The summed E-state index contributed by atoms with van der Waals surface area (Å²) in [4.78, 5) is 21.7. The van der Waals surface area contributed by atoms with Crippen molar-refractivity contribution in [2.75, 3.05) is 6.61 Å². The maximum atomic E-state index is 11.0. The summed E-state index contributed by atoms with van der Waals surface area (Å²) in [7, 11) is 0. The van der Waals surface area contributed by atoms with Gasteiger partial charge in [0.25, 0.3) is 5.91 Å². The molecule has 1 aliphatic heterocycles. The highest BCUT2D eigenvalue weighted by atomic mass is 16.5. The number of amides is 2. The predicted octanol–water partition coefficient (Wildman–Crippen LogP) is -1.25. The van der Waals surface area contributed by atoms with E-state index in [9.17, 15) is 9.59 Å². The van der Waals surface area contributed by atoms with Crippen molar-refractivity contribution in [2.45, 2.75) is 6.10 Å². The van der Waals surface area contributed by atoms with Crippen LogP contribution in [0.2, 0.25) is 0 Å². The van der Waals surface area contributed by atoms with Gasteiger partial charge in [-0.3, -0.25) is 9.59 Å². The largest absolute Gasteiger partial charge is 0.370 e. The molecule has 0 spiro atoms. The van der Waals surface area contributed by atoms with Crippen LogP contribution < -0.4 is 11.5 Å². The Hall–Kier alpha value is -2.02. The first-order valence-corrected chi connectivity index (χ1v) is 4.64. The molecule has 7 nitrogen and oxygen atoms in total. The van der Waals surface area contributed by atoms with E-state index in [1.54, 1.807) is 6.07 Å². The van der Waals surface area contributed by atoms with Gasteiger partial charge in [-0.2, -0.15) is 5.10 Å². The SMILES string of the molecule is NC(=O)c1ccc(C2OCC2C(N)=O)nn1. The second kappa shape index (κ2) is 3.86. The molecule has 0 radical (unpaired) electrons. The highest BCUT2D eigenvalue weighted by molar-refractivity contribution is 5.90. The van der Waals surface area contributed by atoms with Crippen molar-refractivity contribution in [2.24, 2.45) is 17.4 Å². The zero-order chi connectivity index (χ0) is 11.7. The van der Waals surface area contributed by atoms with E-state index in [1.165, 1.54) is 6.07 Å². The number of nitrogens with zero attached hydrogens (tertiary/aromatic N) is 2. The molecule has 1 fully saturated rings. The van der Waals surface area contributed by atoms with Crippen LogP contribution in [0.15, 0.2) is 12.1 Å². The number of rotatable bonds is 3. The normalized spacial score (nSPS) is 23.5. The summed E-state index contributed by atoms with van der Waals surface area (Å²) in [5.74, 6) is -1.47. The quantitative estimate of drug-likeness (QED) is 0.661.